The molecule has 1 aromatic carbocycles. The highest BCUT2D eigenvalue weighted by Gasteiger charge is 2.19. The molecule has 11 heteroatoms. The Morgan fingerprint density at radius 1 is 1.06 bits per heavy atom. The van der Waals surface area contributed by atoms with Crippen LogP contribution in [0, 0.1) is 0 Å². The number of aliphatic carboxylic acids is 1. The van der Waals surface area contributed by atoms with E-state index < -0.39 is 29.9 Å². The van der Waals surface area contributed by atoms with Gasteiger partial charge in [0, 0.05) is 45.1 Å². The van der Waals surface area contributed by atoms with Crippen molar-refractivity contribution in [2.24, 2.45) is 7.05 Å². The summed E-state index contributed by atoms with van der Waals surface area (Å²) in [5.41, 5.74) is 2.28. The van der Waals surface area contributed by atoms with Crippen molar-refractivity contribution in [1.29, 1.82) is 0 Å². The Balaban J connectivity index is 1.46. The van der Waals surface area contributed by atoms with E-state index in [1.165, 1.54) is 12.3 Å². The van der Waals surface area contributed by atoms with Gasteiger partial charge >= 0.3 is 12.0 Å². The monoisotopic (exact) mass is 492 g/mol. The lowest BCUT2D eigenvalue weighted by Crippen LogP contribution is -2.34. The number of pyridine rings is 1. The zero-order chi connectivity index (χ0) is 25.9. The molecule has 0 saturated carbocycles. The summed E-state index contributed by atoms with van der Waals surface area (Å²) in [6.45, 7) is 0.409. The van der Waals surface area contributed by atoms with Crippen molar-refractivity contribution in [2.75, 3.05) is 11.9 Å². The minimum absolute atomic E-state index is 0.0421. The molecule has 1 unspecified atom stereocenters. The Bertz CT molecular complexity index is 1200. The van der Waals surface area contributed by atoms with Crippen molar-refractivity contribution in [1.82, 2.24) is 25.5 Å². The molecule has 2 aromatic heterocycles. The molecule has 36 heavy (non-hydrogen) atoms. The number of carbonyl (C=O) groups is 4. The van der Waals surface area contributed by atoms with E-state index >= 15 is 0 Å². The molecular weight excluding hydrogens is 464 g/mol. The molecule has 0 aliphatic carbocycles. The highest BCUT2D eigenvalue weighted by molar-refractivity contribution is 5.96. The van der Waals surface area contributed by atoms with Crippen molar-refractivity contribution in [3.8, 4) is 0 Å². The molecule has 2 heterocycles. The van der Waals surface area contributed by atoms with Crippen molar-refractivity contribution in [3.05, 3.63) is 83.9 Å². The van der Waals surface area contributed by atoms with E-state index in [1.807, 2.05) is 30.3 Å². The number of benzene rings is 1. The summed E-state index contributed by atoms with van der Waals surface area (Å²) in [6.07, 6.45) is 4.33. The van der Waals surface area contributed by atoms with Crippen LogP contribution < -0.4 is 21.3 Å². The fraction of sp³-hybridized carbons (Fsp3) is 0.240. The molecule has 1 atom stereocenters. The lowest BCUT2D eigenvalue weighted by molar-refractivity contribution is -0.137. The van der Waals surface area contributed by atoms with Crippen LogP contribution in [-0.4, -0.2) is 45.0 Å². The molecule has 0 aliphatic rings. The lowest BCUT2D eigenvalue weighted by Gasteiger charge is -2.17. The second kappa shape index (κ2) is 12.7. The Morgan fingerprint density at radius 2 is 1.83 bits per heavy atom. The van der Waals surface area contributed by atoms with E-state index in [9.17, 15) is 19.2 Å². The van der Waals surface area contributed by atoms with Gasteiger partial charge in [-0.15, -0.1) is 0 Å². The van der Waals surface area contributed by atoms with E-state index in [1.54, 1.807) is 36.1 Å². The van der Waals surface area contributed by atoms with E-state index in [2.05, 4.69) is 26.3 Å². The number of aryl methyl sites for hydroxylation is 1. The van der Waals surface area contributed by atoms with E-state index in [4.69, 9.17) is 5.11 Å². The number of carboxylic acids is 1. The Labute approximate surface area is 207 Å². The molecular formula is C25H28N6O5. The van der Waals surface area contributed by atoms with E-state index in [0.717, 1.165) is 5.56 Å². The Kier molecular flexibility index (Phi) is 9.15. The maximum atomic E-state index is 12.6. The molecule has 0 spiro atoms. The number of hydrogen-bond acceptors (Lipinski definition) is 5. The van der Waals surface area contributed by atoms with E-state index in [0.29, 0.717) is 23.5 Å². The molecule has 11 nitrogen and oxygen atoms in total. The van der Waals surface area contributed by atoms with Gasteiger partial charge < -0.3 is 30.9 Å². The molecule has 188 valence electrons. The van der Waals surface area contributed by atoms with Gasteiger partial charge in [0.1, 0.15) is 5.69 Å². The average Bonchev–Trinajstić information content (AvgIpc) is 3.23. The van der Waals surface area contributed by atoms with E-state index in [-0.39, 0.29) is 19.4 Å². The minimum atomic E-state index is -1.06. The number of urea groups is 1. The topological polar surface area (TPSA) is 154 Å². The summed E-state index contributed by atoms with van der Waals surface area (Å²) < 4.78 is 1.56. The van der Waals surface area contributed by atoms with Gasteiger partial charge in [-0.1, -0.05) is 36.4 Å². The number of aromatic nitrogens is 2. The van der Waals surface area contributed by atoms with Crippen LogP contribution in [0.25, 0.3) is 0 Å². The van der Waals surface area contributed by atoms with Crippen molar-refractivity contribution in [3.63, 3.8) is 0 Å². The largest absolute Gasteiger partial charge is 0.481 e. The van der Waals surface area contributed by atoms with Gasteiger partial charge in [0.05, 0.1) is 18.2 Å². The zero-order valence-corrected chi connectivity index (χ0v) is 19.7. The maximum absolute atomic E-state index is 12.6. The third-order valence-electron chi connectivity index (χ3n) is 5.23. The van der Waals surface area contributed by atoms with Gasteiger partial charge in [-0.25, -0.2) is 4.79 Å². The summed E-state index contributed by atoms with van der Waals surface area (Å²) in [5, 5.41) is 19.9. The molecule has 0 fully saturated rings. The summed E-state index contributed by atoms with van der Waals surface area (Å²) in [7, 11) is 1.67. The van der Waals surface area contributed by atoms with Crippen LogP contribution in [0.15, 0.2) is 67.1 Å². The van der Waals surface area contributed by atoms with Crippen LogP contribution in [0.4, 0.5) is 10.5 Å². The molecule has 0 bridgehead atoms. The minimum Gasteiger partial charge on any atom is -0.481 e. The van der Waals surface area contributed by atoms with Crippen LogP contribution in [0.3, 0.4) is 0 Å². The number of carbonyl (C=O) groups excluding carboxylic acids is 3. The van der Waals surface area contributed by atoms with Gasteiger partial charge in [0.25, 0.3) is 5.91 Å². The van der Waals surface area contributed by atoms with Gasteiger partial charge in [-0.05, 0) is 23.3 Å². The number of nitrogens with zero attached hydrogens (tertiary/aromatic N) is 2. The van der Waals surface area contributed by atoms with Gasteiger partial charge in [-0.3, -0.25) is 19.4 Å². The molecule has 0 radical (unpaired) electrons. The van der Waals surface area contributed by atoms with Gasteiger partial charge in [0.15, 0.2) is 0 Å². The summed E-state index contributed by atoms with van der Waals surface area (Å²) in [4.78, 5) is 52.2. The second-order valence-corrected chi connectivity index (χ2v) is 8.03. The smallest absolute Gasteiger partial charge is 0.319 e. The number of carboxylic acid groups (broad SMARTS) is 1. The SMILES string of the molecule is Cn1cc(NC(=O)NCc2ccccc2)cc1C(=O)NCCC(=O)NC(CC(=O)O)c1cccnc1. The van der Waals surface area contributed by atoms with Crippen LogP contribution in [-0.2, 0) is 23.2 Å². The Hall–Kier alpha value is -4.67. The second-order valence-electron chi connectivity index (χ2n) is 8.03. The third-order valence-corrected chi connectivity index (χ3v) is 5.23. The summed E-state index contributed by atoms with van der Waals surface area (Å²) in [5.74, 6) is -1.88. The van der Waals surface area contributed by atoms with Crippen molar-refractivity contribution >= 4 is 29.5 Å². The standard InChI is InChI=1S/C25H28N6O5/c1-31-16-19(29-25(36)28-14-17-6-3-2-4-7-17)12-21(31)24(35)27-11-9-22(32)30-20(13-23(33)34)18-8-5-10-26-15-18/h2-8,10,12,15-16,20H,9,11,13-14H2,1H3,(H,27,35)(H,30,32)(H,33,34)(H2,28,29,36). The fourth-order valence-electron chi connectivity index (χ4n) is 3.47. The number of nitrogens with one attached hydrogen (secondary N) is 4. The quantitative estimate of drug-likeness (QED) is 0.276. The average molecular weight is 493 g/mol. The molecule has 5 N–H and O–H groups in total. The fourth-order valence-corrected chi connectivity index (χ4v) is 3.47. The normalized spacial score (nSPS) is 11.2. The first kappa shape index (κ1) is 25.9. The van der Waals surface area contributed by atoms with Crippen LogP contribution >= 0.6 is 0 Å². The molecule has 3 aromatic rings. The first-order valence-corrected chi connectivity index (χ1v) is 11.3. The first-order chi connectivity index (χ1) is 17.3. The van der Waals surface area contributed by atoms with Crippen LogP contribution in [0.1, 0.15) is 40.5 Å². The molecule has 0 aliphatic heterocycles. The predicted octanol–water partition coefficient (Wildman–Crippen LogP) is 2.19. The summed E-state index contributed by atoms with van der Waals surface area (Å²) >= 11 is 0. The highest BCUT2D eigenvalue weighted by Crippen LogP contribution is 2.16. The number of rotatable bonds is 11. The zero-order valence-electron chi connectivity index (χ0n) is 19.7. The number of hydrogen-bond donors (Lipinski definition) is 5. The highest BCUT2D eigenvalue weighted by atomic mass is 16.4. The summed E-state index contributed by atoms with van der Waals surface area (Å²) in [6, 6.07) is 13.2. The molecule has 3 rings (SSSR count). The maximum Gasteiger partial charge on any atom is 0.319 e. The van der Waals surface area contributed by atoms with Crippen molar-refractivity contribution in [2.45, 2.75) is 25.4 Å². The molecule has 0 saturated heterocycles. The third kappa shape index (κ3) is 7.97. The number of anilines is 1. The predicted molar refractivity (Wildman–Crippen MR) is 132 cm³/mol. The Morgan fingerprint density at radius 3 is 2.53 bits per heavy atom. The van der Waals surface area contributed by atoms with Gasteiger partial charge in [0.2, 0.25) is 5.91 Å². The number of amides is 4. The van der Waals surface area contributed by atoms with Crippen LogP contribution in [0.2, 0.25) is 0 Å². The van der Waals surface area contributed by atoms with Crippen molar-refractivity contribution < 1.29 is 24.3 Å². The van der Waals surface area contributed by atoms with Gasteiger partial charge in [-0.2, -0.15) is 0 Å². The lowest BCUT2D eigenvalue weighted by atomic mass is 10.1. The molecule has 4 amide bonds. The van der Waals surface area contributed by atoms with Crippen LogP contribution in [0.5, 0.6) is 0 Å². The first-order valence-electron chi connectivity index (χ1n) is 11.3.